The van der Waals surface area contributed by atoms with E-state index in [2.05, 4.69) is 32.1 Å². The van der Waals surface area contributed by atoms with Crippen molar-refractivity contribution in [3.05, 3.63) is 17.5 Å². The standard InChI is InChI=1S/C13H24N2/c1-5-6-7-8-9-11(2)13-10-15(4)14-12(13)3/h10-11H,5-9H2,1-4H3. The maximum absolute atomic E-state index is 4.39. The van der Waals surface area contributed by atoms with Gasteiger partial charge in [0, 0.05) is 13.2 Å². The van der Waals surface area contributed by atoms with Gasteiger partial charge in [-0.3, -0.25) is 4.68 Å². The van der Waals surface area contributed by atoms with Crippen LogP contribution in [0.4, 0.5) is 0 Å². The molecule has 1 atom stereocenters. The van der Waals surface area contributed by atoms with Gasteiger partial charge in [0.05, 0.1) is 5.69 Å². The molecule has 0 amide bonds. The average Bonchev–Trinajstić information content (AvgIpc) is 2.52. The summed E-state index contributed by atoms with van der Waals surface area (Å²) in [5.41, 5.74) is 2.62. The zero-order valence-corrected chi connectivity index (χ0v) is 10.6. The minimum absolute atomic E-state index is 0.663. The van der Waals surface area contributed by atoms with Crippen molar-refractivity contribution in [3.8, 4) is 0 Å². The molecule has 0 bridgehead atoms. The molecule has 0 spiro atoms. The van der Waals surface area contributed by atoms with Crippen molar-refractivity contribution < 1.29 is 0 Å². The summed E-state index contributed by atoms with van der Waals surface area (Å²) < 4.78 is 1.92. The predicted molar refractivity (Wildman–Crippen MR) is 65.1 cm³/mol. The minimum Gasteiger partial charge on any atom is -0.275 e. The second-order valence-corrected chi connectivity index (χ2v) is 4.59. The van der Waals surface area contributed by atoms with Crippen molar-refractivity contribution >= 4 is 0 Å². The second-order valence-electron chi connectivity index (χ2n) is 4.59. The molecule has 15 heavy (non-hydrogen) atoms. The number of rotatable bonds is 6. The second kappa shape index (κ2) is 5.94. The Hall–Kier alpha value is -0.790. The van der Waals surface area contributed by atoms with E-state index in [1.54, 1.807) is 0 Å². The summed E-state index contributed by atoms with van der Waals surface area (Å²) in [6.07, 6.45) is 8.88. The summed E-state index contributed by atoms with van der Waals surface area (Å²) >= 11 is 0. The number of aromatic nitrogens is 2. The van der Waals surface area contributed by atoms with Crippen LogP contribution >= 0.6 is 0 Å². The molecule has 0 aromatic carbocycles. The van der Waals surface area contributed by atoms with E-state index in [1.165, 1.54) is 43.4 Å². The Morgan fingerprint density at radius 2 is 2.07 bits per heavy atom. The molecule has 0 fully saturated rings. The van der Waals surface area contributed by atoms with Crippen LogP contribution in [0.1, 0.15) is 63.1 Å². The van der Waals surface area contributed by atoms with Crippen molar-refractivity contribution in [1.29, 1.82) is 0 Å². The number of unbranched alkanes of at least 4 members (excludes halogenated alkanes) is 3. The van der Waals surface area contributed by atoms with Crippen LogP contribution in [0.2, 0.25) is 0 Å². The van der Waals surface area contributed by atoms with Crippen molar-refractivity contribution in [2.24, 2.45) is 7.05 Å². The first-order chi connectivity index (χ1) is 7.15. The topological polar surface area (TPSA) is 17.8 Å². The lowest BCUT2D eigenvalue weighted by Gasteiger charge is -2.09. The number of nitrogens with zero attached hydrogens (tertiary/aromatic N) is 2. The lowest BCUT2D eigenvalue weighted by molar-refractivity contribution is 0.578. The zero-order valence-electron chi connectivity index (χ0n) is 10.6. The third-order valence-electron chi connectivity index (χ3n) is 3.07. The highest BCUT2D eigenvalue weighted by Crippen LogP contribution is 2.23. The Kier molecular flexibility index (Phi) is 4.86. The van der Waals surface area contributed by atoms with Gasteiger partial charge in [0.15, 0.2) is 0 Å². The molecule has 1 heterocycles. The van der Waals surface area contributed by atoms with Crippen LogP contribution in [-0.2, 0) is 7.05 Å². The third kappa shape index (κ3) is 3.69. The van der Waals surface area contributed by atoms with E-state index in [0.717, 1.165) is 0 Å². The molecule has 1 unspecified atom stereocenters. The molecular formula is C13H24N2. The summed E-state index contributed by atoms with van der Waals surface area (Å²) in [5.74, 6) is 0.663. The van der Waals surface area contributed by atoms with Gasteiger partial charge in [-0.2, -0.15) is 5.10 Å². The Balaban J connectivity index is 2.39. The van der Waals surface area contributed by atoms with Crippen molar-refractivity contribution in [3.63, 3.8) is 0 Å². The molecule has 86 valence electrons. The Morgan fingerprint density at radius 3 is 2.60 bits per heavy atom. The van der Waals surface area contributed by atoms with Crippen molar-refractivity contribution in [2.75, 3.05) is 0 Å². The molecule has 0 saturated carbocycles. The van der Waals surface area contributed by atoms with E-state index in [1.807, 2.05) is 11.7 Å². The van der Waals surface area contributed by atoms with Crippen LogP contribution < -0.4 is 0 Å². The smallest absolute Gasteiger partial charge is 0.0628 e. The maximum Gasteiger partial charge on any atom is 0.0628 e. The van der Waals surface area contributed by atoms with Gasteiger partial charge < -0.3 is 0 Å². The maximum atomic E-state index is 4.39. The van der Waals surface area contributed by atoms with Crippen molar-refractivity contribution in [1.82, 2.24) is 9.78 Å². The van der Waals surface area contributed by atoms with Gasteiger partial charge in [0.1, 0.15) is 0 Å². The number of hydrogen-bond acceptors (Lipinski definition) is 1. The minimum atomic E-state index is 0.663. The molecule has 1 aromatic heterocycles. The van der Waals surface area contributed by atoms with E-state index in [-0.39, 0.29) is 0 Å². The van der Waals surface area contributed by atoms with E-state index in [0.29, 0.717) is 5.92 Å². The Morgan fingerprint density at radius 1 is 1.33 bits per heavy atom. The summed E-state index contributed by atoms with van der Waals surface area (Å²) in [6, 6.07) is 0. The fraction of sp³-hybridized carbons (Fsp3) is 0.769. The van der Waals surface area contributed by atoms with Gasteiger partial charge in [-0.15, -0.1) is 0 Å². The van der Waals surface area contributed by atoms with Gasteiger partial charge in [-0.25, -0.2) is 0 Å². The van der Waals surface area contributed by atoms with Crippen LogP contribution in [0, 0.1) is 6.92 Å². The molecule has 0 saturated heterocycles. The third-order valence-corrected chi connectivity index (χ3v) is 3.07. The first-order valence-corrected chi connectivity index (χ1v) is 6.15. The monoisotopic (exact) mass is 208 g/mol. The highest BCUT2D eigenvalue weighted by Gasteiger charge is 2.10. The Bertz CT molecular complexity index is 289. The van der Waals surface area contributed by atoms with Crippen LogP contribution in [0.25, 0.3) is 0 Å². The molecule has 0 aliphatic rings. The molecular weight excluding hydrogens is 184 g/mol. The van der Waals surface area contributed by atoms with Crippen LogP contribution in [0.5, 0.6) is 0 Å². The van der Waals surface area contributed by atoms with E-state index < -0.39 is 0 Å². The van der Waals surface area contributed by atoms with Gasteiger partial charge in [-0.1, -0.05) is 39.5 Å². The lowest BCUT2D eigenvalue weighted by Crippen LogP contribution is -1.94. The zero-order chi connectivity index (χ0) is 11.3. The Labute approximate surface area is 93.7 Å². The highest BCUT2D eigenvalue weighted by atomic mass is 15.2. The molecule has 2 nitrogen and oxygen atoms in total. The molecule has 0 N–H and O–H groups in total. The van der Waals surface area contributed by atoms with Gasteiger partial charge in [-0.05, 0) is 24.8 Å². The average molecular weight is 208 g/mol. The fourth-order valence-corrected chi connectivity index (χ4v) is 2.13. The molecule has 2 heteroatoms. The van der Waals surface area contributed by atoms with Gasteiger partial charge in [0.25, 0.3) is 0 Å². The first-order valence-electron chi connectivity index (χ1n) is 6.15. The first kappa shape index (κ1) is 12.3. The van der Waals surface area contributed by atoms with Crippen LogP contribution in [0.15, 0.2) is 6.20 Å². The summed E-state index contributed by atoms with van der Waals surface area (Å²) in [4.78, 5) is 0. The van der Waals surface area contributed by atoms with Crippen molar-refractivity contribution in [2.45, 2.75) is 58.8 Å². The van der Waals surface area contributed by atoms with E-state index >= 15 is 0 Å². The normalized spacial score (nSPS) is 13.1. The van der Waals surface area contributed by atoms with E-state index in [9.17, 15) is 0 Å². The van der Waals surface area contributed by atoms with E-state index in [4.69, 9.17) is 0 Å². The lowest BCUT2D eigenvalue weighted by atomic mass is 9.95. The molecule has 1 aromatic rings. The van der Waals surface area contributed by atoms with Gasteiger partial charge in [0.2, 0.25) is 0 Å². The predicted octanol–water partition coefficient (Wildman–Crippen LogP) is 3.80. The summed E-state index contributed by atoms with van der Waals surface area (Å²) in [7, 11) is 2.00. The molecule has 0 aliphatic carbocycles. The number of hydrogen-bond donors (Lipinski definition) is 0. The number of aryl methyl sites for hydroxylation is 2. The molecule has 0 aliphatic heterocycles. The van der Waals surface area contributed by atoms with Crippen LogP contribution in [-0.4, -0.2) is 9.78 Å². The summed E-state index contributed by atoms with van der Waals surface area (Å²) in [6.45, 7) is 6.68. The highest BCUT2D eigenvalue weighted by molar-refractivity contribution is 5.19. The largest absolute Gasteiger partial charge is 0.275 e. The quantitative estimate of drug-likeness (QED) is 0.650. The van der Waals surface area contributed by atoms with Crippen LogP contribution in [0.3, 0.4) is 0 Å². The fourth-order valence-electron chi connectivity index (χ4n) is 2.13. The molecule has 1 rings (SSSR count). The summed E-state index contributed by atoms with van der Waals surface area (Å²) in [5, 5.41) is 4.39. The molecule has 0 radical (unpaired) electrons. The SMILES string of the molecule is CCCCCCC(C)c1cn(C)nc1C. The van der Waals surface area contributed by atoms with Gasteiger partial charge >= 0.3 is 0 Å².